The summed E-state index contributed by atoms with van der Waals surface area (Å²) in [6.45, 7) is 12.2. The largest absolute Gasteiger partial charge is 0.512 e. The molecule has 2 aromatic carbocycles. The second kappa shape index (κ2) is 14.7. The molecule has 0 spiro atoms. The summed E-state index contributed by atoms with van der Waals surface area (Å²) in [5, 5.41) is 15.2. The Morgan fingerprint density at radius 3 is 2.52 bits per heavy atom. The van der Waals surface area contributed by atoms with Crippen LogP contribution in [-0.2, 0) is 13.0 Å². The Kier molecular flexibility index (Phi) is 9.46. The maximum atomic E-state index is 14.4. The average molecular weight is 752 g/mol. The van der Waals surface area contributed by atoms with E-state index in [0.29, 0.717) is 35.5 Å². The van der Waals surface area contributed by atoms with Gasteiger partial charge < -0.3 is 19.6 Å². The number of hydrogen-bond acceptors (Lipinski definition) is 9. The van der Waals surface area contributed by atoms with Crippen LogP contribution in [0.1, 0.15) is 78.5 Å². The number of fused-ring (bicyclic) bond motifs is 1. The minimum absolute atomic E-state index is 0.0131. The highest BCUT2D eigenvalue weighted by Crippen LogP contribution is 2.37. The molecule has 12 heteroatoms. The summed E-state index contributed by atoms with van der Waals surface area (Å²) in [6, 6.07) is 15.6. The number of Topliss-reactive ketones (excluding diaryl/α,β-unsaturated/α-hetero) is 1. The first-order chi connectivity index (χ1) is 27.2. The molecule has 0 unspecified atom stereocenters. The highest BCUT2D eigenvalue weighted by Gasteiger charge is 2.26. The first kappa shape index (κ1) is 35.9. The van der Waals surface area contributed by atoms with Crippen molar-refractivity contribution in [2.45, 2.75) is 71.4 Å². The smallest absolute Gasteiger partial charge is 0.253 e. The number of aromatic nitrogens is 5. The molecule has 0 amide bonds. The number of anilines is 1. The molecule has 286 valence electrons. The fourth-order valence-electron chi connectivity index (χ4n) is 8.99. The molecular formula is C44H46FN9O2. The number of hydrogen-bond donors (Lipinski definition) is 3. The molecule has 3 aliphatic heterocycles. The highest BCUT2D eigenvalue weighted by molar-refractivity contribution is 6.11. The summed E-state index contributed by atoms with van der Waals surface area (Å²) in [6.07, 6.45) is 10.1. The maximum absolute atomic E-state index is 14.4. The van der Waals surface area contributed by atoms with Crippen LogP contribution in [0.5, 0.6) is 0 Å². The number of nitrogens with zero attached hydrogens (tertiary/aromatic N) is 7. The van der Waals surface area contributed by atoms with Gasteiger partial charge in [0, 0.05) is 89.7 Å². The molecule has 5 aliphatic rings. The lowest BCUT2D eigenvalue weighted by Gasteiger charge is -2.36. The molecule has 11 nitrogen and oxygen atoms in total. The molecule has 2 aromatic heterocycles. The van der Waals surface area contributed by atoms with Crippen LogP contribution in [0.15, 0.2) is 65.9 Å². The number of carbonyl (C=O) groups is 1. The number of aliphatic hydroxyl groups is 1. The number of ketones is 1. The predicted octanol–water partition coefficient (Wildman–Crippen LogP) is 6.16. The molecule has 2 fully saturated rings. The normalized spacial score (nSPS) is 17.7. The van der Waals surface area contributed by atoms with Gasteiger partial charge in [-0.2, -0.15) is 9.98 Å². The third kappa shape index (κ3) is 6.66. The van der Waals surface area contributed by atoms with Gasteiger partial charge in [-0.1, -0.05) is 43.7 Å². The summed E-state index contributed by atoms with van der Waals surface area (Å²) in [5.41, 5.74) is 12.2. The number of pyridine rings is 2. The minimum Gasteiger partial charge on any atom is -0.512 e. The number of piperazine rings is 1. The molecule has 4 aromatic rings. The van der Waals surface area contributed by atoms with Crippen molar-refractivity contribution in [2.24, 2.45) is 4.99 Å². The van der Waals surface area contributed by atoms with Crippen LogP contribution in [0.3, 0.4) is 0 Å². The number of benzene rings is 2. The van der Waals surface area contributed by atoms with Gasteiger partial charge in [-0.3, -0.25) is 10.2 Å². The van der Waals surface area contributed by atoms with Gasteiger partial charge in [-0.15, -0.1) is 0 Å². The number of aliphatic hydroxyl groups excluding tert-OH is 1. The Hall–Kier alpha value is -5.72. The summed E-state index contributed by atoms with van der Waals surface area (Å²) in [5.74, 6) is 1.21. The Balaban J connectivity index is 0.842. The number of carbonyl (C=O) groups excluding carboxylic acids is 1. The summed E-state index contributed by atoms with van der Waals surface area (Å²) in [4.78, 5) is 37.3. The quantitative estimate of drug-likeness (QED) is 0.177. The van der Waals surface area contributed by atoms with E-state index in [4.69, 9.17) is 9.98 Å². The molecule has 56 heavy (non-hydrogen) atoms. The predicted molar refractivity (Wildman–Crippen MR) is 216 cm³/mol. The molecule has 0 atom stereocenters. The Morgan fingerprint density at radius 2 is 1.79 bits per heavy atom. The van der Waals surface area contributed by atoms with Crippen LogP contribution in [0, 0.1) is 12.7 Å². The number of halogens is 1. The molecule has 9 rings (SSSR count). The molecular weight excluding hydrogens is 706 g/mol. The standard InChI is InChI=1S/C44H46FN9O2/c1-26-36-25-47-44(51-43(36)54(32-7-4-5-8-32)27(2)40(26)28(3)55)50-39-16-15-33(24-46-39)52-17-19-53(20-18-52)48-23-29-11-13-30(14-12-29)42-34-9-6-10-38(56)35-21-31(45)22-37(49-42)41(34)35/h11-16,21-22,24-25,32,48-49,55H,2,4-10,17-20,23H2,1,3H3. The van der Waals surface area contributed by atoms with Crippen molar-refractivity contribution in [3.8, 4) is 22.6 Å². The van der Waals surface area contributed by atoms with E-state index in [1.165, 1.54) is 12.1 Å². The maximum Gasteiger partial charge on any atom is 0.253 e. The zero-order valence-electron chi connectivity index (χ0n) is 31.9. The van der Waals surface area contributed by atoms with E-state index in [0.717, 1.165) is 126 Å². The van der Waals surface area contributed by atoms with Crippen LogP contribution in [0.25, 0.3) is 45.9 Å². The Labute approximate surface area is 324 Å². The third-order valence-corrected chi connectivity index (χ3v) is 11.8. The number of nitrogens with one attached hydrogen (secondary N) is 2. The Morgan fingerprint density at radius 1 is 1.00 bits per heavy atom. The first-order valence-corrected chi connectivity index (χ1v) is 19.7. The fraction of sp³-hybridized carbons (Fsp3) is 0.341. The second-order valence-electron chi connectivity index (χ2n) is 15.4. The second-order valence-corrected chi connectivity index (χ2v) is 15.4. The molecule has 1 saturated heterocycles. The van der Waals surface area contributed by atoms with Crippen molar-refractivity contribution in [3.05, 3.63) is 105 Å². The van der Waals surface area contributed by atoms with Gasteiger partial charge in [0.1, 0.15) is 11.6 Å². The van der Waals surface area contributed by atoms with E-state index in [-0.39, 0.29) is 23.4 Å². The van der Waals surface area contributed by atoms with Crippen LogP contribution in [0.4, 0.5) is 15.9 Å². The molecule has 0 bridgehead atoms. The first-order valence-electron chi connectivity index (χ1n) is 19.7. The zero-order chi connectivity index (χ0) is 38.5. The van der Waals surface area contributed by atoms with E-state index in [1.54, 1.807) is 13.1 Å². The molecule has 3 N–H and O–H groups in total. The van der Waals surface area contributed by atoms with Crippen molar-refractivity contribution < 1.29 is 14.3 Å². The average Bonchev–Trinajstić information content (AvgIpc) is 3.82. The minimum atomic E-state index is -0.387. The van der Waals surface area contributed by atoms with E-state index in [1.807, 2.05) is 19.2 Å². The lowest BCUT2D eigenvalue weighted by atomic mass is 9.99. The van der Waals surface area contributed by atoms with Crippen LogP contribution in [-0.4, -0.2) is 66.6 Å². The number of hydrazine groups is 1. The summed E-state index contributed by atoms with van der Waals surface area (Å²) in [7, 11) is 0. The van der Waals surface area contributed by atoms with E-state index in [2.05, 4.69) is 71.8 Å². The van der Waals surface area contributed by atoms with Gasteiger partial charge >= 0.3 is 0 Å². The van der Waals surface area contributed by atoms with Crippen LogP contribution in [0.2, 0.25) is 0 Å². The molecule has 5 heterocycles. The van der Waals surface area contributed by atoms with Crippen molar-refractivity contribution in [1.29, 1.82) is 0 Å². The number of rotatable bonds is 7. The third-order valence-electron chi connectivity index (χ3n) is 11.8. The number of aryl methyl sites for hydroxylation is 1. The van der Waals surface area contributed by atoms with Gasteiger partial charge in [0.2, 0.25) is 0 Å². The molecule has 1 saturated carbocycles. The summed E-state index contributed by atoms with van der Waals surface area (Å²) >= 11 is 0. The van der Waals surface area contributed by atoms with Gasteiger partial charge in [0.05, 0.1) is 17.6 Å². The number of aromatic amines is 1. The Bertz CT molecular complexity index is 2610. The lowest BCUT2D eigenvalue weighted by molar-refractivity contribution is 0.0982. The van der Waals surface area contributed by atoms with Gasteiger partial charge in [0.15, 0.2) is 11.6 Å². The van der Waals surface area contributed by atoms with Crippen molar-refractivity contribution in [2.75, 3.05) is 31.1 Å². The monoisotopic (exact) mass is 751 g/mol. The van der Waals surface area contributed by atoms with E-state index < -0.39 is 0 Å². The van der Waals surface area contributed by atoms with Crippen LogP contribution >= 0.6 is 0 Å². The fourth-order valence-corrected chi connectivity index (χ4v) is 8.99. The van der Waals surface area contributed by atoms with Gasteiger partial charge in [-0.25, -0.2) is 19.4 Å². The van der Waals surface area contributed by atoms with Crippen molar-refractivity contribution >= 4 is 40.5 Å². The SMILES string of the molecule is C=c1c(=C(C)O)c(C)c2cnc(=Nc3ccc(N4CCN(NCc5ccc(-c6[nH]c7cc(F)cc8c7c6CCCC8=O)cc5)CC4)cn3)nc-2n1C1CCCC1. The van der Waals surface area contributed by atoms with Crippen molar-refractivity contribution in [3.63, 3.8) is 0 Å². The zero-order valence-corrected chi connectivity index (χ0v) is 31.9. The lowest BCUT2D eigenvalue weighted by Crippen LogP contribution is -2.51. The molecule has 2 aliphatic carbocycles. The molecule has 0 radical (unpaired) electrons. The van der Waals surface area contributed by atoms with E-state index >= 15 is 0 Å². The van der Waals surface area contributed by atoms with Gasteiger partial charge in [-0.05, 0) is 86.1 Å². The topological polar surface area (TPSA) is 128 Å². The van der Waals surface area contributed by atoms with Crippen molar-refractivity contribution in [1.82, 2.24) is 34.9 Å². The van der Waals surface area contributed by atoms with E-state index in [9.17, 15) is 14.3 Å². The summed E-state index contributed by atoms with van der Waals surface area (Å²) < 4.78 is 16.5. The van der Waals surface area contributed by atoms with Crippen LogP contribution < -0.4 is 26.5 Å². The highest BCUT2D eigenvalue weighted by atomic mass is 19.1. The van der Waals surface area contributed by atoms with Gasteiger partial charge in [0.25, 0.3) is 5.62 Å². The number of H-pyrrole nitrogens is 1.